The van der Waals surface area contributed by atoms with Crippen molar-refractivity contribution in [2.45, 2.75) is 32.7 Å². The molecule has 4 nitrogen and oxygen atoms in total. The van der Waals surface area contributed by atoms with Gasteiger partial charge in [0.1, 0.15) is 5.82 Å². The molecular weight excluding hydrogens is 245 g/mol. The van der Waals surface area contributed by atoms with Gasteiger partial charge in [0.2, 0.25) is 5.91 Å². The van der Waals surface area contributed by atoms with Crippen molar-refractivity contribution in [2.75, 3.05) is 24.6 Å². The largest absolute Gasteiger partial charge is 0.399 e. The maximum Gasteiger partial charge on any atom is 0.225 e. The van der Waals surface area contributed by atoms with Crippen molar-refractivity contribution < 1.29 is 9.18 Å². The van der Waals surface area contributed by atoms with Gasteiger partial charge in [0.25, 0.3) is 0 Å². The van der Waals surface area contributed by atoms with Gasteiger partial charge in [-0.1, -0.05) is 6.92 Å². The fourth-order valence-electron chi connectivity index (χ4n) is 1.66. The van der Waals surface area contributed by atoms with Crippen LogP contribution < -0.4 is 11.1 Å². The van der Waals surface area contributed by atoms with E-state index in [4.69, 9.17) is 5.73 Å². The molecule has 0 saturated carbocycles. The first-order valence-electron chi connectivity index (χ1n) is 6.49. The topological polar surface area (TPSA) is 58.4 Å². The van der Waals surface area contributed by atoms with Gasteiger partial charge in [0.15, 0.2) is 0 Å². The zero-order chi connectivity index (χ0) is 14.4. The van der Waals surface area contributed by atoms with Crippen LogP contribution >= 0.6 is 0 Å². The predicted octanol–water partition coefficient (Wildman–Crippen LogP) is 2.47. The minimum atomic E-state index is -0.474. The van der Waals surface area contributed by atoms with Crippen LogP contribution in [-0.4, -0.2) is 30.4 Å². The number of anilines is 2. The number of nitrogen functional groups attached to an aromatic ring is 1. The molecule has 0 heterocycles. The standard InChI is InChI=1S/C14H22FN3O/c1-4-10(2)18(3)8-7-14(19)17-13-9-11(16)5-6-12(13)15/h5-6,9-10H,4,7-8,16H2,1-3H3,(H,17,19). The first-order chi connectivity index (χ1) is 8.93. The summed E-state index contributed by atoms with van der Waals surface area (Å²) in [5, 5.41) is 2.54. The molecule has 0 aliphatic heterocycles. The summed E-state index contributed by atoms with van der Waals surface area (Å²) < 4.78 is 13.4. The number of nitrogens with one attached hydrogen (secondary N) is 1. The summed E-state index contributed by atoms with van der Waals surface area (Å²) in [6.07, 6.45) is 1.36. The molecule has 0 bridgehead atoms. The van der Waals surface area contributed by atoms with E-state index in [9.17, 15) is 9.18 Å². The van der Waals surface area contributed by atoms with Crippen LogP contribution in [0.5, 0.6) is 0 Å². The van der Waals surface area contributed by atoms with E-state index < -0.39 is 5.82 Å². The minimum absolute atomic E-state index is 0.135. The van der Waals surface area contributed by atoms with Gasteiger partial charge in [-0.05, 0) is 38.6 Å². The van der Waals surface area contributed by atoms with Gasteiger partial charge in [-0.2, -0.15) is 0 Å². The molecular formula is C14H22FN3O. The van der Waals surface area contributed by atoms with E-state index in [0.717, 1.165) is 6.42 Å². The summed E-state index contributed by atoms with van der Waals surface area (Å²) in [7, 11) is 1.97. The number of nitrogens with zero attached hydrogens (tertiary/aromatic N) is 1. The number of rotatable bonds is 6. The van der Waals surface area contributed by atoms with Gasteiger partial charge < -0.3 is 16.0 Å². The van der Waals surface area contributed by atoms with Crippen LogP contribution in [0.4, 0.5) is 15.8 Å². The second-order valence-corrected chi connectivity index (χ2v) is 4.78. The molecule has 1 amide bonds. The van der Waals surface area contributed by atoms with Gasteiger partial charge >= 0.3 is 0 Å². The smallest absolute Gasteiger partial charge is 0.225 e. The van der Waals surface area contributed by atoms with Crippen LogP contribution in [0.15, 0.2) is 18.2 Å². The predicted molar refractivity (Wildman–Crippen MR) is 76.4 cm³/mol. The van der Waals surface area contributed by atoms with Crippen LogP contribution in [0.25, 0.3) is 0 Å². The average molecular weight is 267 g/mol. The van der Waals surface area contributed by atoms with E-state index in [1.54, 1.807) is 0 Å². The second kappa shape index (κ2) is 7.09. The van der Waals surface area contributed by atoms with Crippen molar-refractivity contribution in [1.82, 2.24) is 4.90 Å². The van der Waals surface area contributed by atoms with Crippen LogP contribution in [0.3, 0.4) is 0 Å². The Morgan fingerprint density at radius 2 is 2.21 bits per heavy atom. The molecule has 19 heavy (non-hydrogen) atoms. The van der Waals surface area contributed by atoms with E-state index in [0.29, 0.717) is 24.7 Å². The molecule has 3 N–H and O–H groups in total. The molecule has 0 aromatic heterocycles. The first-order valence-corrected chi connectivity index (χ1v) is 6.49. The third-order valence-electron chi connectivity index (χ3n) is 3.30. The lowest BCUT2D eigenvalue weighted by Crippen LogP contribution is -2.31. The van der Waals surface area contributed by atoms with Crippen LogP contribution in [0, 0.1) is 5.82 Å². The van der Waals surface area contributed by atoms with E-state index >= 15 is 0 Å². The Kier molecular flexibility index (Phi) is 5.76. The third-order valence-corrected chi connectivity index (χ3v) is 3.30. The van der Waals surface area contributed by atoms with E-state index in [1.807, 2.05) is 7.05 Å². The van der Waals surface area contributed by atoms with Gasteiger partial charge in [0.05, 0.1) is 5.69 Å². The molecule has 106 valence electrons. The summed E-state index contributed by atoms with van der Waals surface area (Å²) in [6.45, 7) is 4.85. The average Bonchev–Trinajstić information content (AvgIpc) is 2.39. The van der Waals surface area contributed by atoms with Crippen LogP contribution in [-0.2, 0) is 4.79 Å². The zero-order valence-electron chi connectivity index (χ0n) is 11.7. The maximum atomic E-state index is 13.4. The summed E-state index contributed by atoms with van der Waals surface area (Å²) in [5.74, 6) is -0.683. The number of amides is 1. The maximum absolute atomic E-state index is 13.4. The van der Waals surface area contributed by atoms with Crippen LogP contribution in [0.2, 0.25) is 0 Å². The highest BCUT2D eigenvalue weighted by Crippen LogP contribution is 2.17. The fraction of sp³-hybridized carbons (Fsp3) is 0.500. The summed E-state index contributed by atoms with van der Waals surface area (Å²) in [6, 6.07) is 4.56. The molecule has 1 aromatic carbocycles. The van der Waals surface area contributed by atoms with E-state index in [2.05, 4.69) is 24.1 Å². The SMILES string of the molecule is CCC(C)N(C)CCC(=O)Nc1cc(N)ccc1F. The molecule has 1 aromatic rings. The number of carbonyl (C=O) groups is 1. The van der Waals surface area contributed by atoms with Crippen molar-refractivity contribution in [1.29, 1.82) is 0 Å². The Morgan fingerprint density at radius 1 is 1.53 bits per heavy atom. The first kappa shape index (κ1) is 15.4. The molecule has 0 saturated heterocycles. The van der Waals surface area contributed by atoms with Crippen molar-refractivity contribution in [3.05, 3.63) is 24.0 Å². The Balaban J connectivity index is 2.49. The Hall–Kier alpha value is -1.62. The molecule has 0 aliphatic rings. The van der Waals surface area contributed by atoms with E-state index in [-0.39, 0.29) is 11.6 Å². The zero-order valence-corrected chi connectivity index (χ0v) is 11.7. The van der Waals surface area contributed by atoms with Crippen molar-refractivity contribution in [3.63, 3.8) is 0 Å². The lowest BCUT2D eigenvalue weighted by Gasteiger charge is -2.23. The van der Waals surface area contributed by atoms with Crippen molar-refractivity contribution >= 4 is 17.3 Å². The second-order valence-electron chi connectivity index (χ2n) is 4.78. The number of nitrogens with two attached hydrogens (primary N) is 1. The number of hydrogen-bond donors (Lipinski definition) is 2. The highest BCUT2D eigenvalue weighted by molar-refractivity contribution is 5.91. The fourth-order valence-corrected chi connectivity index (χ4v) is 1.66. The van der Waals surface area contributed by atoms with Gasteiger partial charge in [-0.3, -0.25) is 4.79 Å². The van der Waals surface area contributed by atoms with E-state index in [1.165, 1.54) is 18.2 Å². The number of benzene rings is 1. The third kappa shape index (κ3) is 4.87. The molecule has 0 spiro atoms. The molecule has 0 fully saturated rings. The van der Waals surface area contributed by atoms with Gasteiger partial charge in [-0.15, -0.1) is 0 Å². The Bertz CT molecular complexity index is 437. The van der Waals surface area contributed by atoms with Crippen molar-refractivity contribution in [3.8, 4) is 0 Å². The lowest BCUT2D eigenvalue weighted by molar-refractivity contribution is -0.116. The molecule has 0 radical (unpaired) electrons. The summed E-state index contributed by atoms with van der Waals surface area (Å²) >= 11 is 0. The molecule has 1 unspecified atom stereocenters. The number of hydrogen-bond acceptors (Lipinski definition) is 3. The molecule has 1 rings (SSSR count). The highest BCUT2D eigenvalue weighted by Gasteiger charge is 2.11. The van der Waals surface area contributed by atoms with Gasteiger partial charge in [-0.25, -0.2) is 4.39 Å². The Morgan fingerprint density at radius 3 is 2.84 bits per heavy atom. The summed E-state index contributed by atoms with van der Waals surface area (Å²) in [5.41, 5.74) is 6.12. The van der Waals surface area contributed by atoms with Crippen LogP contribution in [0.1, 0.15) is 26.7 Å². The molecule has 0 aliphatic carbocycles. The molecule has 1 atom stereocenters. The van der Waals surface area contributed by atoms with Gasteiger partial charge in [0, 0.05) is 24.7 Å². The quantitative estimate of drug-likeness (QED) is 0.778. The van der Waals surface area contributed by atoms with Crippen molar-refractivity contribution in [2.24, 2.45) is 0 Å². The number of halogens is 1. The minimum Gasteiger partial charge on any atom is -0.399 e. The monoisotopic (exact) mass is 267 g/mol. The Labute approximate surface area is 113 Å². The highest BCUT2D eigenvalue weighted by atomic mass is 19.1. The molecule has 5 heteroatoms. The normalized spacial score (nSPS) is 12.5. The lowest BCUT2D eigenvalue weighted by atomic mass is 10.2. The number of carbonyl (C=O) groups excluding carboxylic acids is 1. The summed E-state index contributed by atoms with van der Waals surface area (Å²) in [4.78, 5) is 13.9.